The zero-order valence-corrected chi connectivity index (χ0v) is 13.1. The van der Waals surface area contributed by atoms with Crippen LogP contribution in [0.15, 0.2) is 18.2 Å². The molecule has 2 atom stereocenters. The molecule has 5 nitrogen and oxygen atoms in total. The Balaban J connectivity index is 1.79. The SMILES string of the molecule is COC(=O)c1ccc([C@@H]2CN3CC(F)(F)C[C@H]3CN2)cc1OC. The van der Waals surface area contributed by atoms with Crippen LogP contribution in [0, 0.1) is 0 Å². The molecule has 0 bridgehead atoms. The number of fused-ring (bicyclic) bond motifs is 1. The Morgan fingerprint density at radius 3 is 2.87 bits per heavy atom. The van der Waals surface area contributed by atoms with Crippen LogP contribution in [0.3, 0.4) is 0 Å². The molecule has 1 N–H and O–H groups in total. The number of benzene rings is 1. The lowest BCUT2D eigenvalue weighted by molar-refractivity contribution is 0.0117. The number of alkyl halides is 2. The second-order valence-corrected chi connectivity index (χ2v) is 6.06. The van der Waals surface area contributed by atoms with Crippen LogP contribution in [0.1, 0.15) is 28.4 Å². The number of nitrogens with one attached hydrogen (secondary N) is 1. The van der Waals surface area contributed by atoms with E-state index in [4.69, 9.17) is 9.47 Å². The van der Waals surface area contributed by atoms with Gasteiger partial charge in [-0.2, -0.15) is 0 Å². The molecule has 23 heavy (non-hydrogen) atoms. The number of methoxy groups -OCH3 is 2. The first-order valence-electron chi connectivity index (χ1n) is 7.55. The van der Waals surface area contributed by atoms with Gasteiger partial charge in [-0.15, -0.1) is 0 Å². The largest absolute Gasteiger partial charge is 0.496 e. The molecule has 0 saturated carbocycles. The average Bonchev–Trinajstić information content (AvgIpc) is 2.86. The third kappa shape index (κ3) is 3.16. The molecule has 2 aliphatic heterocycles. The number of piperazine rings is 1. The van der Waals surface area contributed by atoms with E-state index in [0.29, 0.717) is 24.4 Å². The van der Waals surface area contributed by atoms with Crippen molar-refractivity contribution in [3.63, 3.8) is 0 Å². The second kappa shape index (κ2) is 6.05. The van der Waals surface area contributed by atoms with Gasteiger partial charge in [-0.3, -0.25) is 4.90 Å². The highest BCUT2D eigenvalue weighted by Gasteiger charge is 2.47. The number of hydrogen-bond acceptors (Lipinski definition) is 5. The van der Waals surface area contributed by atoms with Gasteiger partial charge in [0.2, 0.25) is 0 Å². The van der Waals surface area contributed by atoms with Crippen molar-refractivity contribution in [2.45, 2.75) is 24.4 Å². The van der Waals surface area contributed by atoms with Crippen molar-refractivity contribution in [1.82, 2.24) is 10.2 Å². The summed E-state index contributed by atoms with van der Waals surface area (Å²) in [6.07, 6.45) is -0.0860. The minimum atomic E-state index is -2.60. The van der Waals surface area contributed by atoms with Gasteiger partial charge in [-0.1, -0.05) is 6.07 Å². The Bertz CT molecular complexity index is 609. The summed E-state index contributed by atoms with van der Waals surface area (Å²) < 4.78 is 37.0. The lowest BCUT2D eigenvalue weighted by Crippen LogP contribution is -2.49. The summed E-state index contributed by atoms with van der Waals surface area (Å²) in [6, 6.07) is 5.03. The fraction of sp³-hybridized carbons (Fsp3) is 0.562. The van der Waals surface area contributed by atoms with E-state index in [0.717, 1.165) is 5.56 Å². The summed E-state index contributed by atoms with van der Waals surface area (Å²) in [5.41, 5.74) is 1.25. The van der Waals surface area contributed by atoms with E-state index in [1.54, 1.807) is 18.2 Å². The number of rotatable bonds is 3. The summed E-state index contributed by atoms with van der Waals surface area (Å²) in [5, 5.41) is 3.31. The van der Waals surface area contributed by atoms with Gasteiger partial charge in [-0.25, -0.2) is 13.6 Å². The smallest absolute Gasteiger partial charge is 0.341 e. The first-order valence-corrected chi connectivity index (χ1v) is 7.55. The van der Waals surface area contributed by atoms with Gasteiger partial charge in [0.1, 0.15) is 11.3 Å². The molecule has 2 heterocycles. The second-order valence-electron chi connectivity index (χ2n) is 6.06. The minimum absolute atomic E-state index is 0.0688. The molecule has 0 spiro atoms. The summed E-state index contributed by atoms with van der Waals surface area (Å²) in [4.78, 5) is 13.5. The van der Waals surface area contributed by atoms with Crippen LogP contribution in [0.2, 0.25) is 0 Å². The standard InChI is InChI=1S/C16H20F2N2O3/c1-22-14-5-10(3-4-12(14)15(21)23-2)13-8-20-9-16(17,18)6-11(20)7-19-13/h3-5,11,13,19H,6-9H2,1-2H3/t11-,13-/m0/s1. The van der Waals surface area contributed by atoms with Gasteiger partial charge in [-0.05, 0) is 17.7 Å². The van der Waals surface area contributed by atoms with E-state index in [-0.39, 0.29) is 25.0 Å². The highest BCUT2D eigenvalue weighted by molar-refractivity contribution is 5.92. The number of ether oxygens (including phenoxy) is 2. The number of carbonyl (C=O) groups excluding carboxylic acids is 1. The normalized spacial score (nSPS) is 26.6. The van der Waals surface area contributed by atoms with Crippen molar-refractivity contribution in [1.29, 1.82) is 0 Å². The first kappa shape index (κ1) is 16.1. The monoisotopic (exact) mass is 326 g/mol. The van der Waals surface area contributed by atoms with Crippen molar-refractivity contribution < 1.29 is 23.0 Å². The lowest BCUT2D eigenvalue weighted by Gasteiger charge is -2.35. The zero-order valence-electron chi connectivity index (χ0n) is 13.1. The van der Waals surface area contributed by atoms with Crippen molar-refractivity contribution in [2.24, 2.45) is 0 Å². The van der Waals surface area contributed by atoms with Crippen molar-refractivity contribution in [3.8, 4) is 5.75 Å². The molecule has 1 aromatic rings. The van der Waals surface area contributed by atoms with Crippen LogP contribution < -0.4 is 10.1 Å². The van der Waals surface area contributed by atoms with E-state index in [1.165, 1.54) is 14.2 Å². The molecule has 2 aliphatic rings. The quantitative estimate of drug-likeness (QED) is 0.859. The Morgan fingerprint density at radius 2 is 2.17 bits per heavy atom. The van der Waals surface area contributed by atoms with E-state index < -0.39 is 11.9 Å². The maximum Gasteiger partial charge on any atom is 0.341 e. The van der Waals surface area contributed by atoms with Gasteiger partial charge in [0.25, 0.3) is 5.92 Å². The van der Waals surface area contributed by atoms with E-state index >= 15 is 0 Å². The third-order valence-electron chi connectivity index (χ3n) is 4.54. The molecular weight excluding hydrogens is 306 g/mol. The first-order chi connectivity index (χ1) is 10.9. The van der Waals surface area contributed by atoms with Crippen LogP contribution in [0.4, 0.5) is 8.78 Å². The molecular formula is C16H20F2N2O3. The maximum absolute atomic E-state index is 13.5. The van der Waals surface area contributed by atoms with Crippen molar-refractivity contribution in [2.75, 3.05) is 33.9 Å². The molecule has 0 unspecified atom stereocenters. The average molecular weight is 326 g/mol. The van der Waals surface area contributed by atoms with E-state index in [9.17, 15) is 13.6 Å². The molecule has 0 amide bonds. The van der Waals surface area contributed by atoms with Gasteiger partial charge in [0, 0.05) is 31.6 Å². The highest BCUT2D eigenvalue weighted by atomic mass is 19.3. The highest BCUT2D eigenvalue weighted by Crippen LogP contribution is 2.36. The topological polar surface area (TPSA) is 50.8 Å². The fourth-order valence-corrected chi connectivity index (χ4v) is 3.38. The Hall–Kier alpha value is -1.73. The van der Waals surface area contributed by atoms with Crippen LogP contribution in [0.25, 0.3) is 0 Å². The van der Waals surface area contributed by atoms with Crippen LogP contribution in [-0.2, 0) is 4.74 Å². The molecule has 0 aliphatic carbocycles. The molecule has 126 valence electrons. The molecule has 2 fully saturated rings. The van der Waals surface area contributed by atoms with Crippen molar-refractivity contribution >= 4 is 5.97 Å². The fourth-order valence-electron chi connectivity index (χ4n) is 3.38. The van der Waals surface area contributed by atoms with Crippen LogP contribution >= 0.6 is 0 Å². The predicted molar refractivity (Wildman–Crippen MR) is 80.0 cm³/mol. The Morgan fingerprint density at radius 1 is 1.39 bits per heavy atom. The molecule has 2 saturated heterocycles. The van der Waals surface area contributed by atoms with Crippen LogP contribution in [0.5, 0.6) is 5.75 Å². The number of carbonyl (C=O) groups is 1. The molecule has 3 rings (SSSR count). The summed E-state index contributed by atoms with van der Waals surface area (Å²) in [5.74, 6) is -2.65. The predicted octanol–water partition coefficient (Wildman–Crippen LogP) is 1.84. The third-order valence-corrected chi connectivity index (χ3v) is 4.54. The van der Waals surface area contributed by atoms with Gasteiger partial charge in [0.05, 0.1) is 20.8 Å². The lowest BCUT2D eigenvalue weighted by atomic mass is 10.00. The van der Waals surface area contributed by atoms with E-state index in [2.05, 4.69) is 5.32 Å². The molecule has 0 radical (unpaired) electrons. The minimum Gasteiger partial charge on any atom is -0.496 e. The van der Waals surface area contributed by atoms with Gasteiger partial charge >= 0.3 is 5.97 Å². The molecule has 1 aromatic carbocycles. The summed E-state index contributed by atoms with van der Waals surface area (Å²) in [6.45, 7) is 0.857. The van der Waals surface area contributed by atoms with Gasteiger partial charge in [0.15, 0.2) is 0 Å². The summed E-state index contributed by atoms with van der Waals surface area (Å²) >= 11 is 0. The van der Waals surface area contributed by atoms with Crippen LogP contribution in [-0.4, -0.2) is 56.7 Å². The Kier molecular flexibility index (Phi) is 4.25. The van der Waals surface area contributed by atoms with Crippen molar-refractivity contribution in [3.05, 3.63) is 29.3 Å². The number of nitrogens with zero attached hydrogens (tertiary/aromatic N) is 1. The maximum atomic E-state index is 13.5. The number of esters is 1. The zero-order chi connectivity index (χ0) is 16.6. The number of hydrogen-bond donors (Lipinski definition) is 1. The molecule has 7 heteroatoms. The van der Waals surface area contributed by atoms with E-state index in [1.807, 2.05) is 4.90 Å². The Labute approximate surface area is 133 Å². The van der Waals surface area contributed by atoms with Gasteiger partial charge < -0.3 is 14.8 Å². The molecule has 0 aromatic heterocycles. The summed E-state index contributed by atoms with van der Waals surface area (Å²) in [7, 11) is 2.79. The number of halogens is 2.